The first-order valence-electron chi connectivity index (χ1n) is 4.55. The maximum atomic E-state index is 11.9. The molecule has 0 fully saturated rings. The standard InChI is InChI=1S/C8H11F3N2O3S/c1-17(15,16)7-3-12-13(5-7)4-6(14)2-8(9,10)11/h3,5-6,14H,2,4H2,1H3. The van der Waals surface area contributed by atoms with Crippen molar-refractivity contribution in [2.45, 2.75) is 30.1 Å². The van der Waals surface area contributed by atoms with E-state index in [1.807, 2.05) is 0 Å². The van der Waals surface area contributed by atoms with Gasteiger partial charge in [0, 0.05) is 12.5 Å². The highest BCUT2D eigenvalue weighted by Gasteiger charge is 2.31. The molecular weight excluding hydrogens is 261 g/mol. The Morgan fingerprint density at radius 2 is 2.12 bits per heavy atom. The van der Waals surface area contributed by atoms with Crippen LogP contribution in [-0.2, 0) is 16.4 Å². The highest BCUT2D eigenvalue weighted by Crippen LogP contribution is 2.22. The molecule has 0 aliphatic rings. The molecule has 1 heterocycles. The number of hydrogen-bond acceptors (Lipinski definition) is 4. The van der Waals surface area contributed by atoms with Gasteiger partial charge in [-0.2, -0.15) is 18.3 Å². The van der Waals surface area contributed by atoms with Gasteiger partial charge in [-0.3, -0.25) is 4.68 Å². The first-order valence-corrected chi connectivity index (χ1v) is 6.44. The van der Waals surface area contributed by atoms with Gasteiger partial charge < -0.3 is 5.11 Å². The second-order valence-corrected chi connectivity index (χ2v) is 5.66. The summed E-state index contributed by atoms with van der Waals surface area (Å²) < 4.78 is 58.8. The van der Waals surface area contributed by atoms with Gasteiger partial charge in [-0.05, 0) is 0 Å². The Labute approximate surface area is 95.8 Å². The van der Waals surface area contributed by atoms with Crippen LogP contribution in [0.4, 0.5) is 13.2 Å². The average Bonchev–Trinajstić information content (AvgIpc) is 2.47. The van der Waals surface area contributed by atoms with E-state index < -0.39 is 35.1 Å². The van der Waals surface area contributed by atoms with Gasteiger partial charge in [-0.25, -0.2) is 8.42 Å². The fourth-order valence-electron chi connectivity index (χ4n) is 1.18. The quantitative estimate of drug-likeness (QED) is 0.871. The van der Waals surface area contributed by atoms with Crippen molar-refractivity contribution in [3.8, 4) is 0 Å². The zero-order valence-electron chi connectivity index (χ0n) is 8.85. The summed E-state index contributed by atoms with van der Waals surface area (Å²) >= 11 is 0. The van der Waals surface area contributed by atoms with E-state index >= 15 is 0 Å². The summed E-state index contributed by atoms with van der Waals surface area (Å²) in [6, 6.07) is 0. The number of nitrogens with zero attached hydrogens (tertiary/aromatic N) is 2. The minimum absolute atomic E-state index is 0.100. The van der Waals surface area contributed by atoms with Crippen LogP contribution in [0.3, 0.4) is 0 Å². The Morgan fingerprint density at radius 3 is 2.53 bits per heavy atom. The third-order valence-electron chi connectivity index (χ3n) is 1.90. The molecule has 1 unspecified atom stereocenters. The average molecular weight is 272 g/mol. The molecule has 5 nitrogen and oxygen atoms in total. The molecule has 1 atom stereocenters. The van der Waals surface area contributed by atoms with E-state index in [2.05, 4.69) is 5.10 Å². The van der Waals surface area contributed by atoms with Crippen molar-refractivity contribution in [3.05, 3.63) is 12.4 Å². The minimum Gasteiger partial charge on any atom is -0.391 e. The molecule has 1 aromatic rings. The molecule has 98 valence electrons. The monoisotopic (exact) mass is 272 g/mol. The molecule has 9 heteroatoms. The summed E-state index contributed by atoms with van der Waals surface area (Å²) in [7, 11) is -3.44. The summed E-state index contributed by atoms with van der Waals surface area (Å²) in [5.74, 6) is 0. The number of aromatic nitrogens is 2. The first kappa shape index (κ1) is 14.0. The topological polar surface area (TPSA) is 72.2 Å². The lowest BCUT2D eigenvalue weighted by atomic mass is 10.2. The van der Waals surface area contributed by atoms with Crippen molar-refractivity contribution in [2.75, 3.05) is 6.26 Å². The zero-order chi connectivity index (χ0) is 13.3. The van der Waals surface area contributed by atoms with Crippen molar-refractivity contribution < 1.29 is 26.7 Å². The Kier molecular flexibility index (Phi) is 3.82. The van der Waals surface area contributed by atoms with Crippen LogP contribution in [0, 0.1) is 0 Å². The number of aliphatic hydroxyl groups excluding tert-OH is 1. The van der Waals surface area contributed by atoms with Gasteiger partial charge in [-0.15, -0.1) is 0 Å². The van der Waals surface area contributed by atoms with Crippen molar-refractivity contribution in [3.63, 3.8) is 0 Å². The zero-order valence-corrected chi connectivity index (χ0v) is 9.66. The Bertz CT molecular complexity index is 480. The van der Waals surface area contributed by atoms with Gasteiger partial charge in [0.15, 0.2) is 9.84 Å². The number of aliphatic hydroxyl groups is 1. The molecule has 0 spiro atoms. The Hall–Kier alpha value is -1.09. The molecule has 17 heavy (non-hydrogen) atoms. The predicted molar refractivity (Wildman–Crippen MR) is 52.0 cm³/mol. The van der Waals surface area contributed by atoms with Crippen LogP contribution in [0.15, 0.2) is 17.3 Å². The molecule has 0 radical (unpaired) electrons. The van der Waals surface area contributed by atoms with Crippen molar-refractivity contribution in [1.29, 1.82) is 0 Å². The number of hydrogen-bond donors (Lipinski definition) is 1. The smallest absolute Gasteiger partial charge is 0.391 e. The number of alkyl halides is 3. The fraction of sp³-hybridized carbons (Fsp3) is 0.625. The third kappa shape index (κ3) is 4.73. The summed E-state index contributed by atoms with van der Waals surface area (Å²) in [4.78, 5) is -0.100. The van der Waals surface area contributed by atoms with Crippen LogP contribution in [0.5, 0.6) is 0 Å². The maximum absolute atomic E-state index is 11.9. The van der Waals surface area contributed by atoms with Gasteiger partial charge in [-0.1, -0.05) is 0 Å². The molecule has 0 saturated heterocycles. The number of halogens is 3. The molecule has 1 aromatic heterocycles. The third-order valence-corrected chi connectivity index (χ3v) is 2.97. The van der Waals surface area contributed by atoms with E-state index in [0.717, 1.165) is 23.3 Å². The molecule has 1 rings (SSSR count). The summed E-state index contributed by atoms with van der Waals surface area (Å²) in [5, 5.41) is 12.7. The molecule has 0 aromatic carbocycles. The van der Waals surface area contributed by atoms with Crippen LogP contribution in [-0.4, -0.2) is 41.8 Å². The predicted octanol–water partition coefficient (Wildman–Crippen LogP) is 0.600. The van der Waals surface area contributed by atoms with Gasteiger partial charge in [0.25, 0.3) is 0 Å². The fourth-order valence-corrected chi connectivity index (χ4v) is 1.74. The van der Waals surface area contributed by atoms with E-state index in [4.69, 9.17) is 5.11 Å². The van der Waals surface area contributed by atoms with Crippen molar-refractivity contribution in [1.82, 2.24) is 9.78 Å². The summed E-state index contributed by atoms with van der Waals surface area (Å²) in [6.45, 7) is -0.408. The van der Waals surface area contributed by atoms with E-state index in [-0.39, 0.29) is 4.90 Å². The lowest BCUT2D eigenvalue weighted by Crippen LogP contribution is -2.24. The van der Waals surface area contributed by atoms with Gasteiger partial charge in [0.1, 0.15) is 4.90 Å². The number of rotatable bonds is 4. The maximum Gasteiger partial charge on any atom is 0.391 e. The van der Waals surface area contributed by atoms with Crippen LogP contribution in [0.2, 0.25) is 0 Å². The van der Waals surface area contributed by atoms with E-state index in [1.54, 1.807) is 0 Å². The second-order valence-electron chi connectivity index (χ2n) is 3.64. The van der Waals surface area contributed by atoms with Gasteiger partial charge in [0.05, 0.1) is 25.3 Å². The molecule has 0 aliphatic carbocycles. The lowest BCUT2D eigenvalue weighted by molar-refractivity contribution is -0.154. The lowest BCUT2D eigenvalue weighted by Gasteiger charge is -2.12. The molecular formula is C8H11F3N2O3S. The van der Waals surface area contributed by atoms with Crippen LogP contribution in [0.25, 0.3) is 0 Å². The Morgan fingerprint density at radius 1 is 1.53 bits per heavy atom. The largest absolute Gasteiger partial charge is 0.391 e. The summed E-state index contributed by atoms with van der Waals surface area (Å²) in [6.07, 6.45) is -4.42. The van der Waals surface area contributed by atoms with Crippen molar-refractivity contribution >= 4 is 9.84 Å². The molecule has 0 aliphatic heterocycles. The Balaban J connectivity index is 2.67. The summed E-state index contributed by atoms with van der Waals surface area (Å²) in [5.41, 5.74) is 0. The van der Waals surface area contributed by atoms with Crippen LogP contribution < -0.4 is 0 Å². The van der Waals surface area contributed by atoms with Crippen LogP contribution in [0.1, 0.15) is 6.42 Å². The van der Waals surface area contributed by atoms with E-state index in [1.165, 1.54) is 0 Å². The van der Waals surface area contributed by atoms with Crippen molar-refractivity contribution in [2.24, 2.45) is 0 Å². The highest BCUT2D eigenvalue weighted by molar-refractivity contribution is 7.90. The minimum atomic E-state index is -4.47. The molecule has 0 amide bonds. The van der Waals surface area contributed by atoms with Crippen LogP contribution >= 0.6 is 0 Å². The molecule has 0 bridgehead atoms. The highest BCUT2D eigenvalue weighted by atomic mass is 32.2. The van der Waals surface area contributed by atoms with Gasteiger partial charge in [0.2, 0.25) is 0 Å². The first-order chi connectivity index (χ1) is 7.58. The second kappa shape index (κ2) is 4.65. The van der Waals surface area contributed by atoms with Gasteiger partial charge >= 0.3 is 6.18 Å². The number of sulfone groups is 1. The van der Waals surface area contributed by atoms with E-state index in [0.29, 0.717) is 0 Å². The molecule has 1 N–H and O–H groups in total. The normalized spacial score (nSPS) is 14.9. The SMILES string of the molecule is CS(=O)(=O)c1cnn(CC(O)CC(F)(F)F)c1. The van der Waals surface area contributed by atoms with E-state index in [9.17, 15) is 21.6 Å². The molecule has 0 saturated carbocycles.